The first-order valence-electron chi connectivity index (χ1n) is 7.31. The van der Waals surface area contributed by atoms with E-state index in [1.165, 1.54) is 0 Å². The molecule has 0 aliphatic heterocycles. The van der Waals surface area contributed by atoms with Gasteiger partial charge < -0.3 is 10.4 Å². The molecule has 22 heavy (non-hydrogen) atoms. The Kier molecular flexibility index (Phi) is 5.22. The van der Waals surface area contributed by atoms with Gasteiger partial charge in [0, 0.05) is 12.1 Å². The maximum atomic E-state index is 12.2. The Bertz CT molecular complexity index is 623. The first-order valence-corrected chi connectivity index (χ1v) is 7.31. The van der Waals surface area contributed by atoms with Gasteiger partial charge in [-0.1, -0.05) is 30.3 Å². The molecule has 0 saturated carbocycles. The molecule has 0 bridgehead atoms. The van der Waals surface area contributed by atoms with Crippen molar-refractivity contribution in [2.45, 2.75) is 39.3 Å². The summed E-state index contributed by atoms with van der Waals surface area (Å²) in [6.45, 7) is 5.35. The average molecular weight is 299 g/mol. The van der Waals surface area contributed by atoms with E-state index in [0.29, 0.717) is 17.9 Å². The highest BCUT2D eigenvalue weighted by Gasteiger charge is 2.19. The molecule has 0 aliphatic rings. The van der Waals surface area contributed by atoms with Crippen LogP contribution in [0.1, 0.15) is 34.5 Å². The zero-order valence-corrected chi connectivity index (χ0v) is 13.1. The Balaban J connectivity index is 1.98. The highest BCUT2D eigenvalue weighted by molar-refractivity contribution is 5.92. The Morgan fingerprint density at radius 3 is 2.55 bits per heavy atom. The molecule has 1 aromatic carbocycles. The summed E-state index contributed by atoms with van der Waals surface area (Å²) < 4.78 is 0. The first-order chi connectivity index (χ1) is 10.5. The van der Waals surface area contributed by atoms with E-state index >= 15 is 0 Å². The summed E-state index contributed by atoms with van der Waals surface area (Å²) in [5, 5.41) is 13.0. The highest BCUT2D eigenvalue weighted by Crippen LogP contribution is 2.07. The summed E-state index contributed by atoms with van der Waals surface area (Å²) >= 11 is 0. The van der Waals surface area contributed by atoms with Crippen molar-refractivity contribution in [1.82, 2.24) is 15.3 Å². The molecule has 2 rings (SSSR count). The number of hydrogen-bond donors (Lipinski definition) is 2. The smallest absolute Gasteiger partial charge is 0.270 e. The Morgan fingerprint density at radius 2 is 1.91 bits per heavy atom. The summed E-state index contributed by atoms with van der Waals surface area (Å²) in [7, 11) is 0. The predicted octanol–water partition coefficient (Wildman–Crippen LogP) is 1.82. The summed E-state index contributed by atoms with van der Waals surface area (Å²) in [5.74, 6) is 0.260. The number of benzene rings is 1. The minimum absolute atomic E-state index is 0.298. The van der Waals surface area contributed by atoms with Crippen LogP contribution in [0.3, 0.4) is 0 Å². The summed E-state index contributed by atoms with van der Waals surface area (Å²) in [5.41, 5.74) is 2.10. The zero-order valence-electron chi connectivity index (χ0n) is 13.1. The molecule has 5 nitrogen and oxygen atoms in total. The number of aromatic nitrogens is 2. The third-order valence-electron chi connectivity index (χ3n) is 3.42. The molecule has 2 atom stereocenters. The summed E-state index contributed by atoms with van der Waals surface area (Å²) in [6.07, 6.45) is -0.167. The van der Waals surface area contributed by atoms with Crippen LogP contribution in [0.5, 0.6) is 0 Å². The molecule has 1 heterocycles. The third kappa shape index (κ3) is 4.36. The average Bonchev–Trinajstić information content (AvgIpc) is 2.47. The van der Waals surface area contributed by atoms with Crippen LogP contribution in [0.25, 0.3) is 0 Å². The van der Waals surface area contributed by atoms with Gasteiger partial charge in [0.2, 0.25) is 0 Å². The molecular formula is C17H21N3O2. The lowest BCUT2D eigenvalue weighted by Crippen LogP contribution is -2.42. The minimum atomic E-state index is -0.657. The maximum absolute atomic E-state index is 12.2. The van der Waals surface area contributed by atoms with E-state index in [2.05, 4.69) is 15.3 Å². The molecule has 0 fully saturated rings. The normalized spacial score (nSPS) is 13.5. The quantitative estimate of drug-likeness (QED) is 0.883. The van der Waals surface area contributed by atoms with E-state index < -0.39 is 6.10 Å². The van der Waals surface area contributed by atoms with E-state index in [0.717, 1.165) is 11.3 Å². The van der Waals surface area contributed by atoms with Crippen LogP contribution in [0, 0.1) is 13.8 Å². The van der Waals surface area contributed by atoms with Crippen LogP contribution < -0.4 is 5.32 Å². The second kappa shape index (κ2) is 7.13. The second-order valence-corrected chi connectivity index (χ2v) is 5.46. The Labute approximate surface area is 130 Å². The van der Waals surface area contributed by atoms with E-state index in [1.54, 1.807) is 19.9 Å². The number of hydrogen-bond acceptors (Lipinski definition) is 4. The van der Waals surface area contributed by atoms with Gasteiger partial charge in [-0.2, -0.15) is 0 Å². The number of aliphatic hydroxyl groups excluding tert-OH is 1. The van der Waals surface area contributed by atoms with Crippen molar-refractivity contribution in [3.05, 3.63) is 59.2 Å². The molecular weight excluding hydrogens is 278 g/mol. The van der Waals surface area contributed by atoms with E-state index in [1.807, 2.05) is 37.3 Å². The molecule has 0 saturated heterocycles. The van der Waals surface area contributed by atoms with Gasteiger partial charge in [0.05, 0.1) is 12.1 Å². The van der Waals surface area contributed by atoms with Crippen molar-refractivity contribution in [3.63, 3.8) is 0 Å². The fourth-order valence-corrected chi connectivity index (χ4v) is 2.24. The van der Waals surface area contributed by atoms with Gasteiger partial charge in [0.25, 0.3) is 5.91 Å². The molecule has 2 N–H and O–H groups in total. The Morgan fingerprint density at radius 1 is 1.23 bits per heavy atom. The summed E-state index contributed by atoms with van der Waals surface area (Å²) in [6, 6.07) is 11.0. The SMILES string of the molecule is Cc1cc(C(=O)NC(C)C(O)Cc2ccccc2)nc(C)n1. The number of amides is 1. The van der Waals surface area contributed by atoms with Crippen LogP contribution in [-0.2, 0) is 6.42 Å². The van der Waals surface area contributed by atoms with Crippen molar-refractivity contribution in [2.24, 2.45) is 0 Å². The number of carbonyl (C=O) groups is 1. The molecule has 5 heteroatoms. The molecule has 2 unspecified atom stereocenters. The fraction of sp³-hybridized carbons (Fsp3) is 0.353. The molecule has 1 aromatic heterocycles. The van der Waals surface area contributed by atoms with Crippen LogP contribution in [0.2, 0.25) is 0 Å². The Hall–Kier alpha value is -2.27. The number of nitrogens with one attached hydrogen (secondary N) is 1. The van der Waals surface area contributed by atoms with Gasteiger partial charge >= 0.3 is 0 Å². The second-order valence-electron chi connectivity index (χ2n) is 5.46. The summed E-state index contributed by atoms with van der Waals surface area (Å²) in [4.78, 5) is 20.5. The number of nitrogens with zero attached hydrogens (tertiary/aromatic N) is 2. The van der Waals surface area contributed by atoms with Crippen LogP contribution in [0.15, 0.2) is 36.4 Å². The molecule has 1 amide bonds. The van der Waals surface area contributed by atoms with Crippen LogP contribution >= 0.6 is 0 Å². The maximum Gasteiger partial charge on any atom is 0.270 e. The lowest BCUT2D eigenvalue weighted by atomic mass is 10.0. The van der Waals surface area contributed by atoms with Crippen molar-refractivity contribution in [2.75, 3.05) is 0 Å². The standard InChI is InChI=1S/C17H21N3O2/c1-11-9-15(20-13(3)18-11)17(22)19-12(2)16(21)10-14-7-5-4-6-8-14/h4-9,12,16,21H,10H2,1-3H3,(H,19,22). The van der Waals surface area contributed by atoms with Gasteiger partial charge in [0.1, 0.15) is 11.5 Å². The molecule has 0 spiro atoms. The van der Waals surface area contributed by atoms with Gasteiger partial charge in [-0.3, -0.25) is 4.79 Å². The number of carbonyl (C=O) groups excluding carboxylic acids is 1. The molecule has 116 valence electrons. The zero-order chi connectivity index (χ0) is 16.1. The highest BCUT2D eigenvalue weighted by atomic mass is 16.3. The van der Waals surface area contributed by atoms with E-state index in [4.69, 9.17) is 0 Å². The number of rotatable bonds is 5. The molecule has 0 radical (unpaired) electrons. The van der Waals surface area contributed by atoms with E-state index in [-0.39, 0.29) is 11.9 Å². The monoisotopic (exact) mass is 299 g/mol. The van der Waals surface area contributed by atoms with Crippen LogP contribution in [0.4, 0.5) is 0 Å². The lowest BCUT2D eigenvalue weighted by Gasteiger charge is -2.20. The minimum Gasteiger partial charge on any atom is -0.391 e. The predicted molar refractivity (Wildman–Crippen MR) is 84.6 cm³/mol. The van der Waals surface area contributed by atoms with Gasteiger partial charge in [0.15, 0.2) is 0 Å². The molecule has 0 aliphatic carbocycles. The topological polar surface area (TPSA) is 75.1 Å². The molecule has 2 aromatic rings. The first kappa shape index (κ1) is 16.1. The number of aryl methyl sites for hydroxylation is 2. The van der Waals surface area contributed by atoms with Crippen LogP contribution in [-0.4, -0.2) is 33.1 Å². The van der Waals surface area contributed by atoms with Crippen molar-refractivity contribution in [3.8, 4) is 0 Å². The van der Waals surface area contributed by atoms with Gasteiger partial charge in [-0.15, -0.1) is 0 Å². The van der Waals surface area contributed by atoms with Gasteiger partial charge in [-0.25, -0.2) is 9.97 Å². The van der Waals surface area contributed by atoms with Gasteiger partial charge in [-0.05, 0) is 32.4 Å². The van der Waals surface area contributed by atoms with Crippen molar-refractivity contribution < 1.29 is 9.90 Å². The van der Waals surface area contributed by atoms with Crippen molar-refractivity contribution >= 4 is 5.91 Å². The largest absolute Gasteiger partial charge is 0.391 e. The van der Waals surface area contributed by atoms with E-state index in [9.17, 15) is 9.90 Å². The third-order valence-corrected chi connectivity index (χ3v) is 3.42. The van der Waals surface area contributed by atoms with Crippen molar-refractivity contribution in [1.29, 1.82) is 0 Å². The fourth-order valence-electron chi connectivity index (χ4n) is 2.24. The lowest BCUT2D eigenvalue weighted by molar-refractivity contribution is 0.0846. The number of aliphatic hydroxyl groups is 1.